The van der Waals surface area contributed by atoms with Gasteiger partial charge in [0.2, 0.25) is 5.91 Å². The van der Waals surface area contributed by atoms with E-state index in [4.69, 9.17) is 0 Å². The number of thiophene rings is 1. The Morgan fingerprint density at radius 1 is 1.35 bits per heavy atom. The SMILES string of the molecule is CCN(Cc1cccc(F)c1)C(=O)Cn1cnc2sc(C)c(C)c2c1=O. The maximum Gasteiger partial charge on any atom is 0.262 e. The Kier molecular flexibility index (Phi) is 5.18. The number of rotatable bonds is 5. The summed E-state index contributed by atoms with van der Waals surface area (Å²) in [4.78, 5) is 33.0. The van der Waals surface area contributed by atoms with E-state index in [1.165, 1.54) is 34.4 Å². The van der Waals surface area contributed by atoms with Crippen LogP contribution >= 0.6 is 11.3 Å². The molecule has 2 heterocycles. The normalized spacial score (nSPS) is 11.1. The van der Waals surface area contributed by atoms with Crippen LogP contribution in [0.4, 0.5) is 4.39 Å². The number of likely N-dealkylation sites (N-methyl/N-ethyl adjacent to an activating group) is 1. The highest BCUT2D eigenvalue weighted by atomic mass is 32.1. The van der Waals surface area contributed by atoms with Gasteiger partial charge in [-0.15, -0.1) is 11.3 Å². The predicted octanol–water partition coefficient (Wildman–Crippen LogP) is 3.26. The monoisotopic (exact) mass is 373 g/mol. The zero-order chi connectivity index (χ0) is 18.8. The fourth-order valence-corrected chi connectivity index (χ4v) is 3.85. The van der Waals surface area contributed by atoms with Crippen LogP contribution in [0.5, 0.6) is 0 Å². The molecular formula is C19H20FN3O2S. The van der Waals surface area contributed by atoms with Gasteiger partial charge in [0.05, 0.1) is 11.7 Å². The van der Waals surface area contributed by atoms with Crippen molar-refractivity contribution in [1.82, 2.24) is 14.5 Å². The summed E-state index contributed by atoms with van der Waals surface area (Å²) >= 11 is 1.48. The molecule has 3 aromatic rings. The summed E-state index contributed by atoms with van der Waals surface area (Å²) in [6, 6.07) is 6.17. The van der Waals surface area contributed by atoms with Crippen LogP contribution in [-0.2, 0) is 17.9 Å². The maximum absolute atomic E-state index is 13.4. The molecule has 5 nitrogen and oxygen atoms in total. The van der Waals surface area contributed by atoms with Gasteiger partial charge in [0.15, 0.2) is 0 Å². The largest absolute Gasteiger partial charge is 0.337 e. The van der Waals surface area contributed by atoms with E-state index in [0.717, 1.165) is 10.4 Å². The second-order valence-corrected chi connectivity index (χ2v) is 7.38. The lowest BCUT2D eigenvalue weighted by Gasteiger charge is -2.21. The lowest BCUT2D eigenvalue weighted by molar-refractivity contribution is -0.132. The van der Waals surface area contributed by atoms with Crippen molar-refractivity contribution in [3.63, 3.8) is 0 Å². The van der Waals surface area contributed by atoms with E-state index in [1.54, 1.807) is 17.0 Å². The molecule has 0 radical (unpaired) electrons. The van der Waals surface area contributed by atoms with Crippen molar-refractivity contribution >= 4 is 27.5 Å². The highest BCUT2D eigenvalue weighted by molar-refractivity contribution is 7.18. The Morgan fingerprint density at radius 2 is 2.12 bits per heavy atom. The Labute approximate surface area is 154 Å². The van der Waals surface area contributed by atoms with Crippen molar-refractivity contribution in [3.8, 4) is 0 Å². The van der Waals surface area contributed by atoms with Gasteiger partial charge in [-0.2, -0.15) is 0 Å². The Balaban J connectivity index is 1.84. The van der Waals surface area contributed by atoms with Gasteiger partial charge < -0.3 is 4.90 Å². The molecule has 0 aliphatic rings. The van der Waals surface area contributed by atoms with Gasteiger partial charge in [0.25, 0.3) is 5.56 Å². The number of fused-ring (bicyclic) bond motifs is 1. The van der Waals surface area contributed by atoms with Crippen molar-refractivity contribution in [3.05, 3.63) is 62.8 Å². The van der Waals surface area contributed by atoms with Gasteiger partial charge in [0.1, 0.15) is 17.2 Å². The molecule has 1 aromatic carbocycles. The molecule has 2 aromatic heterocycles. The van der Waals surface area contributed by atoms with Crippen LogP contribution in [0.3, 0.4) is 0 Å². The van der Waals surface area contributed by atoms with Crippen LogP contribution in [0.2, 0.25) is 0 Å². The summed E-state index contributed by atoms with van der Waals surface area (Å²) in [7, 11) is 0. The van der Waals surface area contributed by atoms with E-state index >= 15 is 0 Å². The van der Waals surface area contributed by atoms with Crippen LogP contribution in [0.25, 0.3) is 10.2 Å². The number of hydrogen-bond donors (Lipinski definition) is 0. The first-order chi connectivity index (χ1) is 12.4. The molecule has 0 aliphatic carbocycles. The molecule has 0 unspecified atom stereocenters. The standard InChI is InChI=1S/C19H20FN3O2S/c1-4-22(9-14-6-5-7-15(20)8-14)16(24)10-23-11-21-18-17(19(23)25)12(2)13(3)26-18/h5-8,11H,4,9-10H2,1-3H3. The van der Waals surface area contributed by atoms with Gasteiger partial charge in [-0.1, -0.05) is 12.1 Å². The van der Waals surface area contributed by atoms with Gasteiger partial charge in [-0.05, 0) is 44.0 Å². The molecule has 136 valence electrons. The predicted molar refractivity (Wildman–Crippen MR) is 101 cm³/mol. The lowest BCUT2D eigenvalue weighted by Crippen LogP contribution is -2.36. The van der Waals surface area contributed by atoms with Crippen LogP contribution in [-0.4, -0.2) is 26.9 Å². The minimum absolute atomic E-state index is 0.0841. The van der Waals surface area contributed by atoms with Crippen LogP contribution in [0.15, 0.2) is 35.4 Å². The summed E-state index contributed by atoms with van der Waals surface area (Å²) in [5.74, 6) is -0.537. The minimum atomic E-state index is -0.333. The number of hydrogen-bond acceptors (Lipinski definition) is 4. The lowest BCUT2D eigenvalue weighted by atomic mass is 10.2. The summed E-state index contributed by atoms with van der Waals surface area (Å²) in [5.41, 5.74) is 1.42. The van der Waals surface area contributed by atoms with Crippen molar-refractivity contribution in [2.45, 2.75) is 33.9 Å². The van der Waals surface area contributed by atoms with E-state index in [1.807, 2.05) is 20.8 Å². The molecule has 0 saturated carbocycles. The average Bonchev–Trinajstić information content (AvgIpc) is 2.90. The number of benzene rings is 1. The number of aromatic nitrogens is 2. The van der Waals surface area contributed by atoms with Gasteiger partial charge >= 0.3 is 0 Å². The third-order valence-electron chi connectivity index (χ3n) is 4.46. The zero-order valence-electron chi connectivity index (χ0n) is 15.0. The first-order valence-corrected chi connectivity index (χ1v) is 9.19. The number of carbonyl (C=O) groups is 1. The quantitative estimate of drug-likeness (QED) is 0.690. The highest BCUT2D eigenvalue weighted by Gasteiger charge is 2.17. The molecule has 3 rings (SSSR count). The van der Waals surface area contributed by atoms with Gasteiger partial charge in [-0.25, -0.2) is 9.37 Å². The van der Waals surface area contributed by atoms with Crippen LogP contribution in [0.1, 0.15) is 22.9 Å². The number of halogens is 1. The van der Waals surface area contributed by atoms with Gasteiger partial charge in [-0.3, -0.25) is 14.2 Å². The van der Waals surface area contributed by atoms with Crippen molar-refractivity contribution < 1.29 is 9.18 Å². The van der Waals surface area contributed by atoms with Gasteiger partial charge in [0, 0.05) is 18.0 Å². The molecule has 0 saturated heterocycles. The van der Waals surface area contributed by atoms with Crippen molar-refractivity contribution in [2.75, 3.05) is 6.54 Å². The third-order valence-corrected chi connectivity index (χ3v) is 5.57. The summed E-state index contributed by atoms with van der Waals surface area (Å²) in [6.07, 6.45) is 1.42. The molecule has 1 amide bonds. The molecule has 0 N–H and O–H groups in total. The molecule has 7 heteroatoms. The summed E-state index contributed by atoms with van der Waals surface area (Å²) in [6.45, 7) is 6.39. The van der Waals surface area contributed by atoms with Crippen LogP contribution < -0.4 is 5.56 Å². The fraction of sp³-hybridized carbons (Fsp3) is 0.316. The average molecular weight is 373 g/mol. The summed E-state index contributed by atoms with van der Waals surface area (Å²) in [5, 5.41) is 0.580. The summed E-state index contributed by atoms with van der Waals surface area (Å²) < 4.78 is 14.7. The fourth-order valence-electron chi connectivity index (χ4n) is 2.86. The molecular weight excluding hydrogens is 353 g/mol. The second-order valence-electron chi connectivity index (χ2n) is 6.18. The van der Waals surface area contributed by atoms with Crippen LogP contribution in [0, 0.1) is 19.7 Å². The second kappa shape index (κ2) is 7.37. The number of amides is 1. The van der Waals surface area contributed by atoms with E-state index in [-0.39, 0.29) is 23.8 Å². The van der Waals surface area contributed by atoms with E-state index in [0.29, 0.717) is 28.9 Å². The first-order valence-electron chi connectivity index (χ1n) is 8.38. The van der Waals surface area contributed by atoms with Crippen molar-refractivity contribution in [1.29, 1.82) is 0 Å². The van der Waals surface area contributed by atoms with E-state index < -0.39 is 0 Å². The highest BCUT2D eigenvalue weighted by Crippen LogP contribution is 2.25. The minimum Gasteiger partial charge on any atom is -0.337 e. The number of nitrogens with zero attached hydrogens (tertiary/aromatic N) is 3. The van der Waals surface area contributed by atoms with E-state index in [2.05, 4.69) is 4.98 Å². The molecule has 26 heavy (non-hydrogen) atoms. The smallest absolute Gasteiger partial charge is 0.262 e. The maximum atomic E-state index is 13.4. The first kappa shape index (κ1) is 18.3. The number of carbonyl (C=O) groups excluding carboxylic acids is 1. The molecule has 0 bridgehead atoms. The van der Waals surface area contributed by atoms with Crippen molar-refractivity contribution in [2.24, 2.45) is 0 Å². The number of aryl methyl sites for hydroxylation is 2. The van der Waals surface area contributed by atoms with E-state index in [9.17, 15) is 14.0 Å². The molecule has 0 fully saturated rings. The Bertz CT molecular complexity index is 1030. The Hall–Kier alpha value is -2.54. The Morgan fingerprint density at radius 3 is 2.81 bits per heavy atom. The molecule has 0 spiro atoms. The topological polar surface area (TPSA) is 55.2 Å². The zero-order valence-corrected chi connectivity index (χ0v) is 15.8. The molecule has 0 atom stereocenters. The molecule has 0 aliphatic heterocycles. The third kappa shape index (κ3) is 3.53.